The molecule has 0 aromatic carbocycles. The van der Waals surface area contributed by atoms with Gasteiger partial charge in [-0.25, -0.2) is 4.79 Å². The molecule has 12 fully saturated rings. The first-order valence-electron chi connectivity index (χ1n) is 31.1. The number of ether oxygens (including phenoxy) is 6. The number of nitrogens with zero attached hydrogens (tertiary/aromatic N) is 1. The van der Waals surface area contributed by atoms with E-state index < -0.39 is 69.8 Å². The summed E-state index contributed by atoms with van der Waals surface area (Å²) in [4.78, 5) is 72.8. The fourth-order valence-corrected chi connectivity index (χ4v) is 16.3. The Labute approximate surface area is 479 Å². The average molecular weight is 1120 g/mol. The smallest absolute Gasteiger partial charge is 0.344 e. The van der Waals surface area contributed by atoms with Gasteiger partial charge >= 0.3 is 35.8 Å². The lowest BCUT2D eigenvalue weighted by atomic mass is 9.46. The summed E-state index contributed by atoms with van der Waals surface area (Å²) in [7, 11) is 0. The highest BCUT2D eigenvalue weighted by molar-refractivity contribution is 5.85. The molecule has 0 aromatic rings. The van der Waals surface area contributed by atoms with Crippen LogP contribution < -0.4 is 0 Å². The largest absolute Gasteiger partial charge is 0.459 e. The molecule has 12 rings (SSSR count). The lowest BCUT2D eigenvalue weighted by Crippen LogP contribution is -2.67. The van der Waals surface area contributed by atoms with Crippen molar-refractivity contribution >= 4 is 35.8 Å². The first-order chi connectivity index (χ1) is 37.0. The van der Waals surface area contributed by atoms with Crippen molar-refractivity contribution < 1.29 is 67.4 Å². The maximum atomic E-state index is 12.6. The van der Waals surface area contributed by atoms with Crippen molar-refractivity contribution in [3.05, 3.63) is 0 Å². The minimum atomic E-state index is -1.06. The van der Waals surface area contributed by atoms with Crippen LogP contribution in [0.1, 0.15) is 252 Å². The maximum Gasteiger partial charge on any atom is 0.344 e. The second-order valence-corrected chi connectivity index (χ2v) is 30.5. The monoisotopic (exact) mass is 1120 g/mol. The Balaban J connectivity index is 0.000000156. The van der Waals surface area contributed by atoms with Crippen LogP contribution >= 0.6 is 0 Å². The SMILES string of the molecule is CCC(C)(C)C(=O)OC(C)(C)C12CC3CC(CC(C3)C1)C2.CCC(C)(C)C(=O)OC12CC3CC(O)(CC(O)(C3)C1)C2.CCC(C)(C)C(=O)OCC(=O)OC1C2CC3C1OC(=O)C3(C#N)C2.CCC1(OC(=O)C(C)(C)CC)CCCC1. The molecule has 10 bridgehead atoms. The van der Waals surface area contributed by atoms with E-state index in [9.17, 15) is 44.2 Å². The standard InChI is InChI=1S/C19H32O2.C17H21NO6.C16H26O4.C13H24O2/c1-6-17(2,3)16(20)21-18(4,5)19-10-13-7-14(11-19)9-15(8-13)12-19;1-4-16(2,3)14(20)22-7-11(19)23-12-9-5-10-13(12)24-15(21)17(10,6-9)8-18;1-4-13(2,3)12(17)20-16-7-11-5-14(18,9-16)8-15(19,6-11)10-16;1-5-12(3,4)11(14)15-13(6-2)9-7-8-10-13/h13-15H,6-12H2,1-5H3;9-10,12-13H,4-7H2,1-3H3;11,18-19H,4-10H2,1-3H3;5-10H2,1-4H3. The van der Waals surface area contributed by atoms with Gasteiger partial charge in [0.1, 0.15) is 29.0 Å². The van der Waals surface area contributed by atoms with Crippen LogP contribution in [0.4, 0.5) is 0 Å². The van der Waals surface area contributed by atoms with Gasteiger partial charge in [0.2, 0.25) is 0 Å². The Bertz CT molecular complexity index is 2320. The third-order valence-corrected chi connectivity index (χ3v) is 22.5. The number of carbonyl (C=O) groups is 6. The molecule has 0 spiro atoms. The molecular weight excluding hydrogens is 1020 g/mol. The zero-order chi connectivity index (χ0) is 59.5. The third-order valence-electron chi connectivity index (χ3n) is 22.5. The van der Waals surface area contributed by atoms with Crippen LogP contribution in [0.25, 0.3) is 0 Å². The molecular formula is C65H103NO14. The van der Waals surface area contributed by atoms with Crippen LogP contribution in [-0.4, -0.2) is 92.8 Å². The fraction of sp³-hybridized carbons (Fsp3) is 0.892. The van der Waals surface area contributed by atoms with Crippen molar-refractivity contribution in [1.82, 2.24) is 0 Å². The molecule has 12 aliphatic rings. The Kier molecular flexibility index (Phi) is 18.1. The first-order valence-corrected chi connectivity index (χ1v) is 31.1. The molecule has 0 amide bonds. The van der Waals surface area contributed by atoms with Crippen molar-refractivity contribution in [1.29, 1.82) is 5.26 Å². The number of aliphatic hydroxyl groups is 2. The number of hydrogen-bond donors (Lipinski definition) is 2. The minimum Gasteiger partial charge on any atom is -0.459 e. The van der Waals surface area contributed by atoms with E-state index in [1.165, 1.54) is 51.4 Å². The number of hydrogen-bond acceptors (Lipinski definition) is 15. The van der Waals surface area contributed by atoms with Crippen molar-refractivity contribution in [2.24, 2.45) is 68.0 Å². The first kappa shape index (κ1) is 63.8. The van der Waals surface area contributed by atoms with Crippen LogP contribution in [-0.2, 0) is 57.2 Å². The summed E-state index contributed by atoms with van der Waals surface area (Å²) in [6.07, 6.45) is 20.2. The molecule has 11 saturated carbocycles. The second-order valence-electron chi connectivity index (χ2n) is 30.5. The summed E-state index contributed by atoms with van der Waals surface area (Å²) >= 11 is 0. The van der Waals surface area contributed by atoms with E-state index in [4.69, 9.17) is 28.4 Å². The highest BCUT2D eigenvalue weighted by Crippen LogP contribution is 2.65. The lowest BCUT2D eigenvalue weighted by Gasteiger charge is -2.62. The van der Waals surface area contributed by atoms with Gasteiger partial charge in [-0.15, -0.1) is 0 Å². The summed E-state index contributed by atoms with van der Waals surface area (Å²) in [6, 6.07) is 2.10. The van der Waals surface area contributed by atoms with E-state index in [-0.39, 0.29) is 63.1 Å². The molecule has 1 aliphatic heterocycles. The lowest BCUT2D eigenvalue weighted by molar-refractivity contribution is -0.264. The van der Waals surface area contributed by atoms with Crippen LogP contribution in [0, 0.1) is 79.3 Å². The highest BCUT2D eigenvalue weighted by Gasteiger charge is 2.72. The van der Waals surface area contributed by atoms with Gasteiger partial charge in [0, 0.05) is 36.5 Å². The fourth-order valence-electron chi connectivity index (χ4n) is 16.3. The molecule has 452 valence electrons. The van der Waals surface area contributed by atoms with E-state index >= 15 is 0 Å². The van der Waals surface area contributed by atoms with Crippen LogP contribution in [0.15, 0.2) is 0 Å². The predicted octanol–water partition coefficient (Wildman–Crippen LogP) is 12.2. The van der Waals surface area contributed by atoms with Crippen molar-refractivity contribution in [2.45, 2.75) is 292 Å². The Morgan fingerprint density at radius 3 is 1.55 bits per heavy atom. The second kappa shape index (κ2) is 22.7. The van der Waals surface area contributed by atoms with Gasteiger partial charge in [0.25, 0.3) is 0 Å². The van der Waals surface area contributed by atoms with Gasteiger partial charge in [-0.05, 0) is 221 Å². The molecule has 0 radical (unpaired) electrons. The molecule has 1 saturated heterocycles. The number of fused-ring (bicyclic) bond motifs is 1. The van der Waals surface area contributed by atoms with Gasteiger partial charge < -0.3 is 38.6 Å². The highest BCUT2D eigenvalue weighted by atomic mass is 16.6. The van der Waals surface area contributed by atoms with E-state index in [0.717, 1.165) is 75.5 Å². The van der Waals surface area contributed by atoms with Crippen LogP contribution in [0.3, 0.4) is 0 Å². The minimum absolute atomic E-state index is 0.00857. The summed E-state index contributed by atoms with van der Waals surface area (Å²) in [6.45, 7) is 29.2. The summed E-state index contributed by atoms with van der Waals surface area (Å²) in [5.74, 6) is 0.862. The van der Waals surface area contributed by atoms with Gasteiger partial charge in [0.05, 0.1) is 38.9 Å². The molecule has 80 heavy (non-hydrogen) atoms. The Hall–Kier alpha value is -3.77. The van der Waals surface area contributed by atoms with Gasteiger partial charge in [-0.1, -0.05) is 34.6 Å². The molecule has 2 N–H and O–H groups in total. The summed E-state index contributed by atoms with van der Waals surface area (Å²) in [5, 5.41) is 30.6. The van der Waals surface area contributed by atoms with E-state index in [1.54, 1.807) is 13.8 Å². The van der Waals surface area contributed by atoms with E-state index in [0.29, 0.717) is 38.5 Å². The Morgan fingerprint density at radius 1 is 0.613 bits per heavy atom. The van der Waals surface area contributed by atoms with Crippen molar-refractivity contribution in [2.75, 3.05) is 6.61 Å². The third kappa shape index (κ3) is 12.7. The number of nitriles is 1. The molecule has 0 aromatic heterocycles. The number of esters is 6. The molecule has 1 heterocycles. The van der Waals surface area contributed by atoms with Crippen LogP contribution in [0.5, 0.6) is 0 Å². The molecule has 7 unspecified atom stereocenters. The van der Waals surface area contributed by atoms with Crippen molar-refractivity contribution in [3.63, 3.8) is 0 Å². The number of carbonyl (C=O) groups excluding carboxylic acids is 6. The molecule has 15 heteroatoms. The molecule has 11 aliphatic carbocycles. The zero-order valence-corrected chi connectivity index (χ0v) is 51.8. The van der Waals surface area contributed by atoms with E-state index in [1.807, 2.05) is 62.3 Å². The summed E-state index contributed by atoms with van der Waals surface area (Å²) in [5.41, 5.74) is -5.44. The predicted molar refractivity (Wildman–Crippen MR) is 300 cm³/mol. The maximum absolute atomic E-state index is 12.6. The Morgan fingerprint density at radius 2 is 1.09 bits per heavy atom. The molecule has 7 atom stereocenters. The average Bonchev–Trinajstić information content (AvgIpc) is 3.56. The van der Waals surface area contributed by atoms with Gasteiger partial charge in [-0.2, -0.15) is 5.26 Å². The van der Waals surface area contributed by atoms with Crippen LogP contribution in [0.2, 0.25) is 0 Å². The van der Waals surface area contributed by atoms with E-state index in [2.05, 4.69) is 33.8 Å². The quantitative estimate of drug-likeness (QED) is 0.108. The topological polar surface area (TPSA) is 222 Å². The number of rotatable bonds is 16. The summed E-state index contributed by atoms with van der Waals surface area (Å²) < 4.78 is 33.5. The zero-order valence-electron chi connectivity index (χ0n) is 51.8. The normalized spacial score (nSPS) is 36.4. The molecule has 15 nitrogen and oxygen atoms in total. The van der Waals surface area contributed by atoms with Crippen molar-refractivity contribution in [3.8, 4) is 6.07 Å². The van der Waals surface area contributed by atoms with Gasteiger partial charge in [-0.3, -0.25) is 24.0 Å². The van der Waals surface area contributed by atoms with Gasteiger partial charge in [0.15, 0.2) is 12.0 Å².